The Morgan fingerprint density at radius 1 is 1.38 bits per heavy atom. The number of nitrogens with one attached hydrogen (secondary N) is 1. The molecule has 5 heteroatoms. The minimum absolute atomic E-state index is 0.0621. The molecule has 0 aliphatic carbocycles. The summed E-state index contributed by atoms with van der Waals surface area (Å²) in [6.07, 6.45) is 2.55. The molecule has 0 radical (unpaired) electrons. The zero-order chi connectivity index (χ0) is 15.2. The van der Waals surface area contributed by atoms with Gasteiger partial charge in [-0.25, -0.2) is 0 Å². The van der Waals surface area contributed by atoms with Gasteiger partial charge in [-0.05, 0) is 48.9 Å². The first-order valence-electron chi connectivity index (χ1n) is 6.82. The van der Waals surface area contributed by atoms with Crippen molar-refractivity contribution in [1.82, 2.24) is 10.3 Å². The quantitative estimate of drug-likeness (QED) is 0.819. The van der Waals surface area contributed by atoms with Crippen LogP contribution >= 0.6 is 27.5 Å². The van der Waals surface area contributed by atoms with E-state index < -0.39 is 0 Å². The molecule has 0 bridgehead atoms. The van der Waals surface area contributed by atoms with Crippen LogP contribution in [0.3, 0.4) is 0 Å². The predicted octanol–water partition coefficient (Wildman–Crippen LogP) is 4.40. The second-order valence-electron chi connectivity index (χ2n) is 4.64. The largest absolute Gasteiger partial charge is 0.497 e. The highest BCUT2D eigenvalue weighted by molar-refractivity contribution is 9.10. The zero-order valence-corrected chi connectivity index (χ0v) is 14.4. The van der Waals surface area contributed by atoms with Crippen LogP contribution in [0.2, 0.25) is 5.02 Å². The van der Waals surface area contributed by atoms with Gasteiger partial charge in [0.05, 0.1) is 23.9 Å². The van der Waals surface area contributed by atoms with E-state index in [4.69, 9.17) is 16.3 Å². The lowest BCUT2D eigenvalue weighted by Gasteiger charge is -2.19. The van der Waals surface area contributed by atoms with E-state index in [1.807, 2.05) is 30.3 Å². The normalized spacial score (nSPS) is 12.2. The highest BCUT2D eigenvalue weighted by atomic mass is 79.9. The fraction of sp³-hybridized carbons (Fsp3) is 0.312. The number of likely N-dealkylation sites (N-methyl/N-ethyl adjacent to an activating group) is 1. The number of methoxy groups -OCH3 is 1. The van der Waals surface area contributed by atoms with Gasteiger partial charge in [0.25, 0.3) is 0 Å². The van der Waals surface area contributed by atoms with Crippen molar-refractivity contribution in [3.63, 3.8) is 0 Å². The Balaban J connectivity index is 2.30. The van der Waals surface area contributed by atoms with Crippen molar-refractivity contribution in [3.05, 3.63) is 57.3 Å². The maximum absolute atomic E-state index is 6.28. The number of hydrogen-bond donors (Lipinski definition) is 1. The van der Waals surface area contributed by atoms with Gasteiger partial charge in [0.2, 0.25) is 0 Å². The first-order valence-corrected chi connectivity index (χ1v) is 7.99. The minimum Gasteiger partial charge on any atom is -0.497 e. The van der Waals surface area contributed by atoms with Gasteiger partial charge in [0, 0.05) is 10.7 Å². The third-order valence-electron chi connectivity index (χ3n) is 3.24. The lowest BCUT2D eigenvalue weighted by atomic mass is 10.0. The molecule has 0 aliphatic heterocycles. The number of halogens is 2. The van der Waals surface area contributed by atoms with E-state index in [-0.39, 0.29) is 6.04 Å². The topological polar surface area (TPSA) is 34.1 Å². The van der Waals surface area contributed by atoms with Crippen molar-refractivity contribution >= 4 is 27.5 Å². The molecule has 2 aromatic rings. The number of rotatable bonds is 6. The van der Waals surface area contributed by atoms with Crippen LogP contribution in [0.1, 0.15) is 24.2 Å². The summed E-state index contributed by atoms with van der Waals surface area (Å²) >= 11 is 9.87. The summed E-state index contributed by atoms with van der Waals surface area (Å²) < 4.78 is 6.35. The third kappa shape index (κ3) is 4.19. The van der Waals surface area contributed by atoms with Gasteiger partial charge in [-0.15, -0.1) is 0 Å². The van der Waals surface area contributed by atoms with Crippen LogP contribution in [0.15, 0.2) is 41.0 Å². The van der Waals surface area contributed by atoms with E-state index in [0.717, 1.165) is 34.4 Å². The molecule has 1 heterocycles. The summed E-state index contributed by atoms with van der Waals surface area (Å²) in [5.74, 6) is 0.843. The average molecular weight is 370 g/mol. The number of benzene rings is 1. The summed E-state index contributed by atoms with van der Waals surface area (Å²) in [6, 6.07) is 9.74. The molecule has 1 aromatic carbocycles. The van der Waals surface area contributed by atoms with Gasteiger partial charge < -0.3 is 10.1 Å². The lowest BCUT2D eigenvalue weighted by Crippen LogP contribution is -2.24. The Morgan fingerprint density at radius 3 is 2.86 bits per heavy atom. The van der Waals surface area contributed by atoms with Crippen molar-refractivity contribution in [2.24, 2.45) is 0 Å². The molecule has 0 spiro atoms. The minimum atomic E-state index is 0.0621. The van der Waals surface area contributed by atoms with Gasteiger partial charge in [0.1, 0.15) is 5.75 Å². The van der Waals surface area contributed by atoms with Gasteiger partial charge >= 0.3 is 0 Å². The van der Waals surface area contributed by atoms with Gasteiger partial charge in [-0.3, -0.25) is 4.98 Å². The van der Waals surface area contributed by atoms with E-state index in [0.29, 0.717) is 5.02 Å². The summed E-state index contributed by atoms with van der Waals surface area (Å²) in [5, 5.41) is 4.13. The Kier molecular flexibility index (Phi) is 6.03. The SMILES string of the molecule is CCNC(Cc1cc(OC)ccc1Br)c1ncccc1Cl. The molecule has 0 aliphatic rings. The molecule has 1 unspecified atom stereocenters. The molecule has 1 atom stereocenters. The Hall–Kier alpha value is -1.10. The fourth-order valence-electron chi connectivity index (χ4n) is 2.22. The van der Waals surface area contributed by atoms with Crippen molar-refractivity contribution in [2.75, 3.05) is 13.7 Å². The number of pyridine rings is 1. The molecular weight excluding hydrogens is 352 g/mol. The van der Waals surface area contributed by atoms with E-state index in [2.05, 4.69) is 33.2 Å². The Morgan fingerprint density at radius 2 is 2.19 bits per heavy atom. The maximum atomic E-state index is 6.28. The third-order valence-corrected chi connectivity index (χ3v) is 4.34. The molecule has 112 valence electrons. The van der Waals surface area contributed by atoms with E-state index in [1.54, 1.807) is 13.3 Å². The van der Waals surface area contributed by atoms with Crippen molar-refractivity contribution in [1.29, 1.82) is 0 Å². The van der Waals surface area contributed by atoms with Crippen molar-refractivity contribution < 1.29 is 4.74 Å². The van der Waals surface area contributed by atoms with Crippen LogP contribution in [-0.2, 0) is 6.42 Å². The number of ether oxygens (including phenoxy) is 1. The van der Waals surface area contributed by atoms with Crippen LogP contribution in [0.5, 0.6) is 5.75 Å². The highest BCUT2D eigenvalue weighted by Crippen LogP contribution is 2.29. The first kappa shape index (κ1) is 16.3. The number of aromatic nitrogens is 1. The average Bonchev–Trinajstić information content (AvgIpc) is 2.49. The number of hydrogen-bond acceptors (Lipinski definition) is 3. The van der Waals surface area contributed by atoms with Crippen LogP contribution in [0.4, 0.5) is 0 Å². The fourth-order valence-corrected chi connectivity index (χ4v) is 2.88. The molecule has 1 aromatic heterocycles. The molecule has 0 saturated carbocycles. The molecule has 0 fully saturated rings. The molecule has 3 nitrogen and oxygen atoms in total. The molecule has 2 rings (SSSR count). The molecule has 0 saturated heterocycles. The monoisotopic (exact) mass is 368 g/mol. The van der Waals surface area contributed by atoms with E-state index >= 15 is 0 Å². The maximum Gasteiger partial charge on any atom is 0.119 e. The van der Waals surface area contributed by atoms with Crippen LogP contribution in [0.25, 0.3) is 0 Å². The summed E-state index contributed by atoms with van der Waals surface area (Å²) in [4.78, 5) is 4.42. The van der Waals surface area contributed by atoms with Crippen LogP contribution < -0.4 is 10.1 Å². The second-order valence-corrected chi connectivity index (χ2v) is 5.90. The smallest absolute Gasteiger partial charge is 0.119 e. The molecule has 1 N–H and O–H groups in total. The summed E-state index contributed by atoms with van der Waals surface area (Å²) in [7, 11) is 1.67. The summed E-state index contributed by atoms with van der Waals surface area (Å²) in [6.45, 7) is 2.92. The first-order chi connectivity index (χ1) is 10.2. The van der Waals surface area contributed by atoms with E-state index in [1.165, 1.54) is 0 Å². The molecule has 21 heavy (non-hydrogen) atoms. The zero-order valence-electron chi connectivity index (χ0n) is 12.1. The van der Waals surface area contributed by atoms with Gasteiger partial charge in [0.15, 0.2) is 0 Å². The highest BCUT2D eigenvalue weighted by Gasteiger charge is 2.17. The summed E-state index contributed by atoms with van der Waals surface area (Å²) in [5.41, 5.74) is 2.03. The molecular formula is C16H18BrClN2O. The van der Waals surface area contributed by atoms with Crippen molar-refractivity contribution in [3.8, 4) is 5.75 Å². The Bertz CT molecular complexity index is 607. The van der Waals surface area contributed by atoms with Gasteiger partial charge in [-0.2, -0.15) is 0 Å². The standard InChI is InChI=1S/C16H18BrClN2O/c1-3-19-15(16-14(18)5-4-8-20-16)10-11-9-12(21-2)6-7-13(11)17/h4-9,15,19H,3,10H2,1-2H3. The molecule has 0 amide bonds. The second kappa shape index (κ2) is 7.78. The van der Waals surface area contributed by atoms with Crippen molar-refractivity contribution in [2.45, 2.75) is 19.4 Å². The predicted molar refractivity (Wildman–Crippen MR) is 90.1 cm³/mol. The van der Waals surface area contributed by atoms with E-state index in [9.17, 15) is 0 Å². The Labute approximate surface area is 138 Å². The number of nitrogens with zero attached hydrogens (tertiary/aromatic N) is 1. The van der Waals surface area contributed by atoms with Gasteiger partial charge in [-0.1, -0.05) is 34.5 Å². The van der Waals surface area contributed by atoms with Crippen LogP contribution in [0, 0.1) is 0 Å². The van der Waals surface area contributed by atoms with Crippen LogP contribution in [-0.4, -0.2) is 18.6 Å². The lowest BCUT2D eigenvalue weighted by molar-refractivity contribution is 0.413.